The maximum Gasteiger partial charge on any atom is 0.328 e. The highest BCUT2D eigenvalue weighted by Gasteiger charge is 2.40. The van der Waals surface area contributed by atoms with Gasteiger partial charge < -0.3 is 4.43 Å². The zero-order valence-electron chi connectivity index (χ0n) is 16.5. The van der Waals surface area contributed by atoms with Crippen molar-refractivity contribution in [3.05, 3.63) is 44.8 Å². The summed E-state index contributed by atoms with van der Waals surface area (Å²) in [5.41, 5.74) is -0.704. The smallest absolute Gasteiger partial charge is 0.328 e. The molecule has 1 aliphatic carbocycles. The van der Waals surface area contributed by atoms with Gasteiger partial charge in [-0.2, -0.15) is 0 Å². The van der Waals surface area contributed by atoms with Crippen LogP contribution in [0.15, 0.2) is 33.5 Å². The Morgan fingerprint density at radius 2 is 1.96 bits per heavy atom. The van der Waals surface area contributed by atoms with Gasteiger partial charge in [-0.1, -0.05) is 33.8 Å². The van der Waals surface area contributed by atoms with Crippen LogP contribution in [0.2, 0.25) is 5.04 Å². The summed E-state index contributed by atoms with van der Waals surface area (Å²) in [7, 11) is -0.828. The third-order valence-electron chi connectivity index (χ3n) is 5.83. The average molecular weight is 379 g/mol. The Bertz CT molecular complexity index is 804. The Morgan fingerprint density at radius 1 is 1.31 bits per heavy atom. The number of carbonyl (C=O) groups excluding carboxylic acids is 1. The van der Waals surface area contributed by atoms with Gasteiger partial charge in [-0.3, -0.25) is 19.1 Å². The maximum atomic E-state index is 12.1. The Kier molecular flexibility index (Phi) is 5.92. The minimum Gasteiger partial charge on any atom is -0.418 e. The topological polar surface area (TPSA) is 81.2 Å². The number of nitrogens with zero attached hydrogens (tertiary/aromatic N) is 1. The number of nitrogens with one attached hydrogen (secondary N) is 1. The largest absolute Gasteiger partial charge is 0.418 e. The van der Waals surface area contributed by atoms with Crippen LogP contribution in [0.25, 0.3) is 0 Å². The van der Waals surface area contributed by atoms with E-state index >= 15 is 0 Å². The van der Waals surface area contributed by atoms with E-state index in [-0.39, 0.29) is 17.0 Å². The van der Waals surface area contributed by atoms with Crippen LogP contribution in [0.1, 0.15) is 54.0 Å². The number of allylic oxidation sites excluding steroid dienone is 1. The summed E-state index contributed by atoms with van der Waals surface area (Å²) in [5.74, 6) is 0.446. The average Bonchev–Trinajstić information content (AvgIpc) is 2.98. The summed E-state index contributed by atoms with van der Waals surface area (Å²) in [6.45, 7) is 12.9. The Morgan fingerprint density at radius 3 is 2.50 bits per heavy atom. The summed E-state index contributed by atoms with van der Waals surface area (Å²) in [6.07, 6.45) is 4.76. The maximum absolute atomic E-state index is 12.1. The first-order valence-electron chi connectivity index (χ1n) is 9.10. The lowest BCUT2D eigenvalue weighted by Gasteiger charge is -2.38. The van der Waals surface area contributed by atoms with Crippen molar-refractivity contribution in [3.8, 4) is 0 Å². The molecule has 6 nitrogen and oxygen atoms in total. The summed E-state index contributed by atoms with van der Waals surface area (Å²) in [6, 6.07) is 1.07. The molecule has 1 aliphatic rings. The summed E-state index contributed by atoms with van der Waals surface area (Å²) in [4.78, 5) is 37.3. The second-order valence-corrected chi connectivity index (χ2v) is 11.1. The van der Waals surface area contributed by atoms with E-state index in [9.17, 15) is 14.4 Å². The second-order valence-electron chi connectivity index (χ2n) is 8.69. The number of carbonyl (C=O) groups is 1. The number of hydrogen-bond acceptors (Lipinski definition) is 4. The first-order valence-corrected chi connectivity index (χ1v) is 10.4. The van der Waals surface area contributed by atoms with Crippen molar-refractivity contribution in [1.82, 2.24) is 9.55 Å². The summed E-state index contributed by atoms with van der Waals surface area (Å²) in [5, 5.41) is 0.163. The van der Waals surface area contributed by atoms with Crippen molar-refractivity contribution in [2.45, 2.75) is 64.6 Å². The predicted octanol–water partition coefficient (Wildman–Crippen LogP) is 1.96. The molecule has 144 valence electrons. The molecular formula is C19H30N2O4Si. The van der Waals surface area contributed by atoms with Crippen LogP contribution < -0.4 is 11.2 Å². The Balaban J connectivity index is 2.22. The van der Waals surface area contributed by atoms with Gasteiger partial charge in [0.1, 0.15) is 6.29 Å². The zero-order chi connectivity index (χ0) is 19.7. The van der Waals surface area contributed by atoms with Crippen LogP contribution in [-0.2, 0) is 9.22 Å². The molecule has 0 fully saturated rings. The van der Waals surface area contributed by atoms with Crippen molar-refractivity contribution in [3.63, 3.8) is 0 Å². The van der Waals surface area contributed by atoms with Gasteiger partial charge in [0.15, 0.2) is 9.76 Å². The van der Waals surface area contributed by atoms with Gasteiger partial charge in [-0.15, -0.1) is 0 Å². The van der Waals surface area contributed by atoms with E-state index in [1.807, 2.05) is 19.9 Å². The highest BCUT2D eigenvalue weighted by molar-refractivity contribution is 6.32. The Hall–Kier alpha value is -1.73. The number of rotatable bonds is 7. The van der Waals surface area contributed by atoms with Crippen LogP contribution >= 0.6 is 0 Å². The van der Waals surface area contributed by atoms with Gasteiger partial charge in [0.25, 0.3) is 5.56 Å². The van der Waals surface area contributed by atoms with Crippen LogP contribution in [-0.4, -0.2) is 31.2 Å². The molecule has 1 aromatic heterocycles. The van der Waals surface area contributed by atoms with Crippen LogP contribution in [0.4, 0.5) is 0 Å². The van der Waals surface area contributed by atoms with Crippen LogP contribution in [0.3, 0.4) is 0 Å². The normalized spacial score (nSPS) is 21.6. The molecule has 0 aromatic carbocycles. The predicted molar refractivity (Wildman–Crippen MR) is 105 cm³/mol. The van der Waals surface area contributed by atoms with Crippen molar-refractivity contribution in [2.24, 2.45) is 11.8 Å². The van der Waals surface area contributed by atoms with Gasteiger partial charge in [-0.25, -0.2) is 4.79 Å². The lowest BCUT2D eigenvalue weighted by molar-refractivity contribution is -0.106. The van der Waals surface area contributed by atoms with Gasteiger partial charge in [-0.05, 0) is 36.8 Å². The number of hydrogen-bond donors (Lipinski definition) is 1. The third kappa shape index (κ3) is 4.32. The minimum atomic E-state index is -0.828. The standard InChI is InChI=1S/C19H30N2O4Si/c1-12(2)19(5,6)26-25-18(3,4)15-10-14(9-13(15)11-22)21-8-7-16(23)20-17(21)24/h7-9,11-12,14-15H,10,26H2,1-6H3,(H,20,23,24). The van der Waals surface area contributed by atoms with E-state index in [0.717, 1.165) is 6.29 Å². The molecule has 0 aliphatic heterocycles. The molecule has 0 radical (unpaired) electrons. The monoisotopic (exact) mass is 378 g/mol. The van der Waals surface area contributed by atoms with E-state index in [2.05, 4.69) is 32.7 Å². The Labute approximate surface area is 156 Å². The minimum absolute atomic E-state index is 0.0840. The molecule has 0 spiro atoms. The fourth-order valence-electron chi connectivity index (χ4n) is 3.11. The fraction of sp³-hybridized carbons (Fsp3) is 0.632. The molecule has 0 amide bonds. The summed E-state index contributed by atoms with van der Waals surface area (Å²) >= 11 is 0. The van der Waals surface area contributed by atoms with Crippen LogP contribution in [0.5, 0.6) is 0 Å². The third-order valence-corrected chi connectivity index (χ3v) is 8.28. The molecule has 2 unspecified atom stereocenters. The highest BCUT2D eigenvalue weighted by atomic mass is 28.2. The van der Waals surface area contributed by atoms with E-state index in [0.29, 0.717) is 17.9 Å². The molecular weight excluding hydrogens is 348 g/mol. The first-order chi connectivity index (χ1) is 12.0. The van der Waals surface area contributed by atoms with Crippen molar-refractivity contribution in [1.29, 1.82) is 0 Å². The highest BCUT2D eigenvalue weighted by Crippen LogP contribution is 2.42. The van der Waals surface area contributed by atoms with Crippen molar-refractivity contribution < 1.29 is 9.22 Å². The van der Waals surface area contributed by atoms with E-state index < -0.39 is 26.6 Å². The number of aromatic nitrogens is 2. The van der Waals surface area contributed by atoms with E-state index in [4.69, 9.17) is 4.43 Å². The molecule has 1 N–H and O–H groups in total. The van der Waals surface area contributed by atoms with Crippen molar-refractivity contribution in [2.75, 3.05) is 0 Å². The molecule has 0 saturated heterocycles. The molecule has 2 rings (SSSR count). The van der Waals surface area contributed by atoms with Gasteiger partial charge in [0.2, 0.25) is 0 Å². The zero-order valence-corrected chi connectivity index (χ0v) is 18.0. The van der Waals surface area contributed by atoms with Crippen LogP contribution in [0, 0.1) is 11.8 Å². The van der Waals surface area contributed by atoms with Gasteiger partial charge in [0, 0.05) is 18.2 Å². The number of aromatic amines is 1. The van der Waals surface area contributed by atoms with E-state index in [1.165, 1.54) is 16.8 Å². The fourth-order valence-corrected chi connectivity index (χ4v) is 4.39. The lowest BCUT2D eigenvalue weighted by Crippen LogP contribution is -2.40. The van der Waals surface area contributed by atoms with E-state index in [1.54, 1.807) is 0 Å². The molecule has 7 heteroatoms. The summed E-state index contributed by atoms with van der Waals surface area (Å²) < 4.78 is 7.87. The second kappa shape index (κ2) is 7.48. The molecule has 1 heterocycles. The molecule has 0 bridgehead atoms. The molecule has 26 heavy (non-hydrogen) atoms. The number of H-pyrrole nitrogens is 1. The van der Waals surface area contributed by atoms with Gasteiger partial charge in [0.05, 0.1) is 11.6 Å². The molecule has 2 atom stereocenters. The lowest BCUT2D eigenvalue weighted by atomic mass is 9.85. The quantitative estimate of drug-likeness (QED) is 0.581. The first kappa shape index (κ1) is 20.6. The SMILES string of the molecule is CC(C)C(C)(C)[SiH2]OC(C)(C)C1CC(n2ccc(=O)[nH]c2=O)C=C1C=O. The van der Waals surface area contributed by atoms with Gasteiger partial charge >= 0.3 is 5.69 Å². The number of aldehydes is 1. The molecule has 0 saturated carbocycles. The van der Waals surface area contributed by atoms with Crippen molar-refractivity contribution >= 4 is 16.0 Å². The molecule has 1 aromatic rings.